The average Bonchev–Trinajstić information content (AvgIpc) is 3.22. The van der Waals surface area contributed by atoms with Crippen molar-refractivity contribution in [3.8, 4) is 0 Å². The van der Waals surface area contributed by atoms with Gasteiger partial charge in [0.25, 0.3) is 11.3 Å². The normalized spacial score (nSPS) is 14.5. The van der Waals surface area contributed by atoms with E-state index in [4.69, 9.17) is 9.25 Å². The highest BCUT2D eigenvalue weighted by atomic mass is 16.7. The lowest BCUT2D eigenvalue weighted by Gasteiger charge is -2.08. The number of nitrogens with one attached hydrogen (secondary N) is 1. The smallest absolute Gasteiger partial charge is 0.364 e. The Morgan fingerprint density at radius 2 is 2.14 bits per heavy atom. The van der Waals surface area contributed by atoms with Crippen LogP contribution in [0, 0.1) is 5.92 Å². The summed E-state index contributed by atoms with van der Waals surface area (Å²) in [5.41, 5.74) is -1.48. The molecule has 1 N–H and O–H groups in total. The molecule has 1 aliphatic rings. The van der Waals surface area contributed by atoms with Crippen molar-refractivity contribution in [1.29, 1.82) is 0 Å². The second kappa shape index (κ2) is 5.23. The lowest BCUT2D eigenvalue weighted by molar-refractivity contribution is 0.153. The average molecular weight is 292 g/mol. The molecule has 0 atom stereocenters. The van der Waals surface area contributed by atoms with E-state index in [0.29, 0.717) is 12.0 Å². The summed E-state index contributed by atoms with van der Waals surface area (Å²) in [6.45, 7) is 0. The van der Waals surface area contributed by atoms with Crippen LogP contribution in [0.1, 0.15) is 31.2 Å². The van der Waals surface area contributed by atoms with Crippen LogP contribution in [0.15, 0.2) is 24.9 Å². The van der Waals surface area contributed by atoms with Crippen LogP contribution in [-0.4, -0.2) is 16.8 Å². The topological polar surface area (TPSA) is 94.3 Å². The van der Waals surface area contributed by atoms with Gasteiger partial charge in [-0.2, -0.15) is 0 Å². The lowest BCUT2D eigenvalue weighted by Crippen LogP contribution is -2.34. The van der Waals surface area contributed by atoms with Crippen molar-refractivity contribution in [3.63, 3.8) is 0 Å². The molecule has 0 radical (unpaired) electrons. The van der Waals surface area contributed by atoms with Crippen LogP contribution in [0.4, 0.5) is 0 Å². The van der Waals surface area contributed by atoms with E-state index < -0.39 is 16.9 Å². The summed E-state index contributed by atoms with van der Waals surface area (Å²) in [6.07, 6.45) is 5.12. The first-order valence-corrected chi connectivity index (χ1v) is 6.96. The molecule has 0 aliphatic heterocycles. The first-order chi connectivity index (χ1) is 10.1. The molecule has 2 aromatic rings. The third kappa shape index (κ3) is 2.63. The molecule has 21 heavy (non-hydrogen) atoms. The van der Waals surface area contributed by atoms with Crippen LogP contribution in [0.25, 0.3) is 11.1 Å². The zero-order valence-electron chi connectivity index (χ0n) is 11.7. The van der Waals surface area contributed by atoms with Crippen molar-refractivity contribution >= 4 is 11.1 Å². The zero-order valence-corrected chi connectivity index (χ0v) is 11.7. The third-order valence-corrected chi connectivity index (χ3v) is 3.78. The third-order valence-electron chi connectivity index (χ3n) is 3.78. The summed E-state index contributed by atoms with van der Waals surface area (Å²) in [4.78, 5) is 42.4. The maximum Gasteiger partial charge on any atom is 0.364 e. The Balaban J connectivity index is 2.12. The van der Waals surface area contributed by atoms with Gasteiger partial charge in [0, 0.05) is 6.07 Å². The minimum absolute atomic E-state index is 0.139. The van der Waals surface area contributed by atoms with Gasteiger partial charge in [-0.3, -0.25) is 9.78 Å². The van der Waals surface area contributed by atoms with Gasteiger partial charge in [-0.1, -0.05) is 24.0 Å². The van der Waals surface area contributed by atoms with Crippen LogP contribution in [0.2, 0.25) is 0 Å². The van der Waals surface area contributed by atoms with E-state index in [2.05, 4.69) is 4.98 Å². The maximum absolute atomic E-state index is 12.0. The van der Waals surface area contributed by atoms with Gasteiger partial charge < -0.3 is 9.25 Å². The molecule has 2 heterocycles. The molecule has 112 valence electrons. The van der Waals surface area contributed by atoms with Crippen LogP contribution >= 0.6 is 0 Å². The second-order valence-electron chi connectivity index (χ2n) is 5.34. The van der Waals surface area contributed by atoms with E-state index in [1.165, 1.54) is 26.0 Å². The highest BCUT2D eigenvalue weighted by Crippen LogP contribution is 2.34. The number of aromatic nitrogens is 2. The van der Waals surface area contributed by atoms with Crippen molar-refractivity contribution in [3.05, 3.63) is 42.9 Å². The van der Waals surface area contributed by atoms with Crippen LogP contribution in [-0.2, 0) is 6.42 Å². The second-order valence-corrected chi connectivity index (χ2v) is 5.34. The van der Waals surface area contributed by atoms with Crippen LogP contribution in [0.3, 0.4) is 0 Å². The molecule has 0 saturated heterocycles. The Morgan fingerprint density at radius 1 is 1.38 bits per heavy atom. The summed E-state index contributed by atoms with van der Waals surface area (Å²) in [6, 6.07) is 1.31. The number of fused-ring (bicyclic) bond motifs is 1. The number of aryl methyl sites for hydroxylation is 1. The SMILES string of the molecule is COn1c(=O)[nH]c(=O)c2c(CCCC3CC3)cc(=O)oc21. The van der Waals surface area contributed by atoms with E-state index in [1.54, 1.807) is 0 Å². The van der Waals surface area contributed by atoms with Crippen LogP contribution < -0.4 is 21.7 Å². The molecule has 0 amide bonds. The van der Waals surface area contributed by atoms with Gasteiger partial charge in [0.2, 0.25) is 0 Å². The van der Waals surface area contributed by atoms with Gasteiger partial charge in [0.1, 0.15) is 12.5 Å². The van der Waals surface area contributed by atoms with Gasteiger partial charge in [-0.05, 0) is 24.3 Å². The molecule has 1 fully saturated rings. The van der Waals surface area contributed by atoms with Crippen molar-refractivity contribution in [2.45, 2.75) is 32.1 Å². The van der Waals surface area contributed by atoms with E-state index in [0.717, 1.165) is 23.5 Å². The summed E-state index contributed by atoms with van der Waals surface area (Å²) >= 11 is 0. The predicted octanol–water partition coefficient (Wildman–Crippen LogP) is 0.434. The number of nitrogens with zero attached hydrogens (tertiary/aromatic N) is 1. The highest BCUT2D eigenvalue weighted by molar-refractivity contribution is 5.75. The van der Waals surface area contributed by atoms with Gasteiger partial charge in [0.05, 0.1) is 0 Å². The summed E-state index contributed by atoms with van der Waals surface area (Å²) in [5, 5.41) is 0.201. The molecular weight excluding hydrogens is 276 g/mol. The van der Waals surface area contributed by atoms with E-state index in [1.807, 2.05) is 0 Å². The zero-order chi connectivity index (χ0) is 15.0. The van der Waals surface area contributed by atoms with Gasteiger partial charge >= 0.3 is 11.3 Å². The Labute approximate surface area is 119 Å². The fraction of sp³-hybridized carbons (Fsp3) is 0.500. The Hall–Kier alpha value is -2.31. The fourth-order valence-corrected chi connectivity index (χ4v) is 2.57. The van der Waals surface area contributed by atoms with Crippen molar-refractivity contribution in [2.24, 2.45) is 5.92 Å². The number of aromatic amines is 1. The Morgan fingerprint density at radius 3 is 2.81 bits per heavy atom. The molecule has 7 nitrogen and oxygen atoms in total. The van der Waals surface area contributed by atoms with Gasteiger partial charge in [0.15, 0.2) is 0 Å². The number of H-pyrrole nitrogens is 1. The van der Waals surface area contributed by atoms with E-state index in [9.17, 15) is 14.4 Å². The van der Waals surface area contributed by atoms with E-state index >= 15 is 0 Å². The van der Waals surface area contributed by atoms with Gasteiger partial charge in [-0.25, -0.2) is 9.59 Å². The molecule has 1 aliphatic carbocycles. The quantitative estimate of drug-likeness (QED) is 0.862. The predicted molar refractivity (Wildman–Crippen MR) is 75.5 cm³/mol. The van der Waals surface area contributed by atoms with Crippen molar-refractivity contribution in [1.82, 2.24) is 9.71 Å². The number of hydrogen-bond acceptors (Lipinski definition) is 5. The first kappa shape index (κ1) is 13.7. The molecule has 7 heteroatoms. The van der Waals surface area contributed by atoms with Crippen molar-refractivity contribution < 1.29 is 9.25 Å². The molecule has 0 unspecified atom stereocenters. The molecule has 1 saturated carbocycles. The minimum Gasteiger partial charge on any atom is -0.409 e. The van der Waals surface area contributed by atoms with E-state index in [-0.39, 0.29) is 11.1 Å². The molecule has 3 rings (SSSR count). The standard InChI is InChI=1S/C14H16N2O5/c1-20-16-13-11(12(18)15-14(16)19)9(7-10(17)21-13)4-2-3-8-5-6-8/h7-8H,2-6H2,1H3,(H,15,18,19). The number of hydrogen-bond donors (Lipinski definition) is 1. The highest BCUT2D eigenvalue weighted by Gasteiger charge is 2.21. The monoisotopic (exact) mass is 292 g/mol. The molecule has 0 spiro atoms. The Kier molecular flexibility index (Phi) is 3.40. The van der Waals surface area contributed by atoms with Gasteiger partial charge in [-0.15, -0.1) is 0 Å². The molecule has 0 aromatic carbocycles. The van der Waals surface area contributed by atoms with Crippen molar-refractivity contribution in [2.75, 3.05) is 7.11 Å². The fourth-order valence-electron chi connectivity index (χ4n) is 2.57. The first-order valence-electron chi connectivity index (χ1n) is 6.96. The molecular formula is C14H16N2O5. The summed E-state index contributed by atoms with van der Waals surface area (Å²) in [7, 11) is 1.26. The Bertz CT molecular complexity index is 841. The maximum atomic E-state index is 12.0. The largest absolute Gasteiger partial charge is 0.409 e. The molecule has 0 bridgehead atoms. The number of rotatable bonds is 5. The lowest BCUT2D eigenvalue weighted by atomic mass is 10.1. The molecule has 2 aromatic heterocycles. The van der Waals surface area contributed by atoms with Crippen LogP contribution in [0.5, 0.6) is 0 Å². The summed E-state index contributed by atoms with van der Waals surface area (Å²) in [5.74, 6) is 0.784. The summed E-state index contributed by atoms with van der Waals surface area (Å²) < 4.78 is 5.77. The minimum atomic E-state index is -0.770.